The molecule has 5 nitrogen and oxygen atoms in total. The van der Waals surface area contributed by atoms with Gasteiger partial charge in [0.15, 0.2) is 0 Å². The van der Waals surface area contributed by atoms with Crippen molar-refractivity contribution in [2.45, 2.75) is 13.0 Å². The standard InChI is InChI=1S/C13H15N3O2/c1-3-9(2)16-12(17)8-15-13(18)10-4-6-11(14)7-5-10/h1,4-7,9H,8,14H2,2H3,(H,15,18)(H,16,17). The molecule has 1 rings (SSSR count). The molecule has 0 saturated heterocycles. The van der Waals surface area contributed by atoms with Gasteiger partial charge in [-0.25, -0.2) is 0 Å². The van der Waals surface area contributed by atoms with Crippen LogP contribution in [-0.2, 0) is 4.79 Å². The van der Waals surface area contributed by atoms with Crippen LogP contribution in [0.1, 0.15) is 17.3 Å². The highest BCUT2D eigenvalue weighted by Crippen LogP contribution is 2.04. The van der Waals surface area contributed by atoms with E-state index < -0.39 is 0 Å². The molecular formula is C13H15N3O2. The Bertz CT molecular complexity index is 474. The van der Waals surface area contributed by atoms with Gasteiger partial charge in [0.1, 0.15) is 0 Å². The van der Waals surface area contributed by atoms with E-state index in [9.17, 15) is 9.59 Å². The fourth-order valence-electron chi connectivity index (χ4n) is 1.23. The lowest BCUT2D eigenvalue weighted by molar-refractivity contribution is -0.120. The molecule has 0 aromatic heterocycles. The zero-order chi connectivity index (χ0) is 13.5. The highest BCUT2D eigenvalue weighted by atomic mass is 16.2. The molecule has 0 spiro atoms. The van der Waals surface area contributed by atoms with E-state index in [1.165, 1.54) is 0 Å². The number of amides is 2. The number of hydrogen-bond acceptors (Lipinski definition) is 3. The average Bonchev–Trinajstić information content (AvgIpc) is 2.36. The van der Waals surface area contributed by atoms with Gasteiger partial charge in [-0.05, 0) is 31.2 Å². The van der Waals surface area contributed by atoms with Gasteiger partial charge in [0.2, 0.25) is 5.91 Å². The first kappa shape index (κ1) is 13.6. The maximum Gasteiger partial charge on any atom is 0.251 e. The van der Waals surface area contributed by atoms with Crippen LogP contribution < -0.4 is 16.4 Å². The molecule has 94 valence electrons. The van der Waals surface area contributed by atoms with E-state index >= 15 is 0 Å². The minimum Gasteiger partial charge on any atom is -0.399 e. The summed E-state index contributed by atoms with van der Waals surface area (Å²) in [5.74, 6) is 1.70. The average molecular weight is 245 g/mol. The van der Waals surface area contributed by atoms with Crippen molar-refractivity contribution in [3.8, 4) is 12.3 Å². The van der Waals surface area contributed by atoms with Crippen LogP contribution in [0.15, 0.2) is 24.3 Å². The molecule has 18 heavy (non-hydrogen) atoms. The molecule has 0 aliphatic rings. The molecule has 1 aromatic carbocycles. The number of nitrogen functional groups attached to an aromatic ring is 1. The third-order valence-electron chi connectivity index (χ3n) is 2.21. The second kappa shape index (κ2) is 6.30. The highest BCUT2D eigenvalue weighted by molar-refractivity contribution is 5.96. The van der Waals surface area contributed by atoms with Crippen molar-refractivity contribution in [2.75, 3.05) is 12.3 Å². The minimum atomic E-state index is -0.356. The van der Waals surface area contributed by atoms with Gasteiger partial charge >= 0.3 is 0 Å². The van der Waals surface area contributed by atoms with Crippen molar-refractivity contribution >= 4 is 17.5 Å². The molecule has 0 bridgehead atoms. The van der Waals surface area contributed by atoms with Gasteiger partial charge in [0.05, 0.1) is 12.6 Å². The van der Waals surface area contributed by atoms with Crippen LogP contribution >= 0.6 is 0 Å². The molecule has 0 fully saturated rings. The summed E-state index contributed by atoms with van der Waals surface area (Å²) < 4.78 is 0. The largest absolute Gasteiger partial charge is 0.399 e. The molecule has 0 heterocycles. The third kappa shape index (κ3) is 4.18. The van der Waals surface area contributed by atoms with E-state index in [0.29, 0.717) is 11.3 Å². The van der Waals surface area contributed by atoms with Crippen LogP contribution in [-0.4, -0.2) is 24.4 Å². The maximum atomic E-state index is 11.6. The van der Waals surface area contributed by atoms with E-state index in [1.807, 2.05) is 0 Å². The van der Waals surface area contributed by atoms with Crippen LogP contribution in [0.4, 0.5) is 5.69 Å². The smallest absolute Gasteiger partial charge is 0.251 e. The molecule has 2 amide bonds. The summed E-state index contributed by atoms with van der Waals surface area (Å²) in [6.07, 6.45) is 5.12. The predicted octanol–water partition coefficient (Wildman–Crippen LogP) is 0.137. The lowest BCUT2D eigenvalue weighted by Gasteiger charge is -2.08. The fraction of sp³-hybridized carbons (Fsp3) is 0.231. The lowest BCUT2D eigenvalue weighted by Crippen LogP contribution is -2.40. The number of anilines is 1. The Hall–Kier alpha value is -2.48. The van der Waals surface area contributed by atoms with Gasteiger partial charge in [0, 0.05) is 11.3 Å². The molecule has 1 aromatic rings. The Balaban J connectivity index is 2.44. The van der Waals surface area contributed by atoms with E-state index in [0.717, 1.165) is 0 Å². The molecular weight excluding hydrogens is 230 g/mol. The monoisotopic (exact) mass is 245 g/mol. The van der Waals surface area contributed by atoms with Crippen molar-refractivity contribution in [1.82, 2.24) is 10.6 Å². The second-order valence-electron chi connectivity index (χ2n) is 3.76. The summed E-state index contributed by atoms with van der Waals surface area (Å²) in [5, 5.41) is 5.02. The number of carbonyl (C=O) groups excluding carboxylic acids is 2. The SMILES string of the molecule is C#CC(C)NC(=O)CNC(=O)c1ccc(N)cc1. The Morgan fingerprint density at radius 3 is 2.56 bits per heavy atom. The van der Waals surface area contributed by atoms with Crippen LogP contribution in [0.25, 0.3) is 0 Å². The van der Waals surface area contributed by atoms with Crippen LogP contribution in [0, 0.1) is 12.3 Å². The number of carbonyl (C=O) groups is 2. The van der Waals surface area contributed by atoms with Crippen molar-refractivity contribution in [2.24, 2.45) is 0 Å². The number of hydrogen-bond donors (Lipinski definition) is 3. The summed E-state index contributed by atoms with van der Waals surface area (Å²) >= 11 is 0. The summed E-state index contributed by atoms with van der Waals surface area (Å²) in [5.41, 5.74) is 6.53. The van der Waals surface area contributed by atoms with Crippen molar-refractivity contribution in [1.29, 1.82) is 0 Å². The molecule has 1 atom stereocenters. The quantitative estimate of drug-likeness (QED) is 0.521. The number of terminal acetylenes is 1. The van der Waals surface area contributed by atoms with Crippen molar-refractivity contribution < 1.29 is 9.59 Å². The predicted molar refractivity (Wildman–Crippen MR) is 69.6 cm³/mol. The summed E-state index contributed by atoms with van der Waals surface area (Å²) in [7, 11) is 0. The Labute approximate surface area is 106 Å². The Morgan fingerprint density at radius 1 is 1.39 bits per heavy atom. The second-order valence-corrected chi connectivity index (χ2v) is 3.76. The fourth-order valence-corrected chi connectivity index (χ4v) is 1.23. The lowest BCUT2D eigenvalue weighted by atomic mass is 10.2. The van der Waals surface area contributed by atoms with Crippen LogP contribution in [0.3, 0.4) is 0 Å². The van der Waals surface area contributed by atoms with E-state index in [4.69, 9.17) is 12.2 Å². The third-order valence-corrected chi connectivity index (χ3v) is 2.21. The molecule has 0 aliphatic carbocycles. The first-order chi connectivity index (χ1) is 8.52. The Kier molecular flexibility index (Phi) is 4.76. The first-order valence-electron chi connectivity index (χ1n) is 5.42. The van der Waals surface area contributed by atoms with Crippen LogP contribution in [0.5, 0.6) is 0 Å². The molecule has 4 N–H and O–H groups in total. The topological polar surface area (TPSA) is 84.2 Å². The highest BCUT2D eigenvalue weighted by Gasteiger charge is 2.08. The zero-order valence-electron chi connectivity index (χ0n) is 10.1. The molecule has 0 radical (unpaired) electrons. The summed E-state index contributed by atoms with van der Waals surface area (Å²) in [4.78, 5) is 23.0. The minimum absolute atomic E-state index is 0.116. The first-order valence-corrected chi connectivity index (χ1v) is 5.42. The summed E-state index contributed by atoms with van der Waals surface area (Å²) in [6.45, 7) is 1.56. The van der Waals surface area contributed by atoms with Gasteiger partial charge in [-0.2, -0.15) is 0 Å². The normalized spacial score (nSPS) is 11.1. The number of nitrogens with one attached hydrogen (secondary N) is 2. The van der Waals surface area contributed by atoms with E-state index in [-0.39, 0.29) is 24.4 Å². The molecule has 5 heteroatoms. The molecule has 0 saturated carbocycles. The van der Waals surface area contributed by atoms with Crippen molar-refractivity contribution in [3.63, 3.8) is 0 Å². The van der Waals surface area contributed by atoms with Gasteiger partial charge < -0.3 is 16.4 Å². The number of rotatable bonds is 4. The van der Waals surface area contributed by atoms with Crippen LogP contribution in [0.2, 0.25) is 0 Å². The Morgan fingerprint density at radius 2 is 2.00 bits per heavy atom. The number of nitrogens with two attached hydrogens (primary N) is 1. The van der Waals surface area contributed by atoms with Gasteiger partial charge in [0.25, 0.3) is 5.91 Å². The zero-order valence-corrected chi connectivity index (χ0v) is 10.1. The maximum absolute atomic E-state index is 11.6. The number of benzene rings is 1. The van der Waals surface area contributed by atoms with Gasteiger partial charge in [-0.3, -0.25) is 9.59 Å². The van der Waals surface area contributed by atoms with Gasteiger partial charge in [-0.15, -0.1) is 6.42 Å². The van der Waals surface area contributed by atoms with E-state index in [1.54, 1.807) is 31.2 Å². The van der Waals surface area contributed by atoms with Gasteiger partial charge in [-0.1, -0.05) is 5.92 Å². The summed E-state index contributed by atoms with van der Waals surface area (Å²) in [6, 6.07) is 6.07. The molecule has 1 unspecified atom stereocenters. The molecule has 0 aliphatic heterocycles. The van der Waals surface area contributed by atoms with Crippen molar-refractivity contribution in [3.05, 3.63) is 29.8 Å². The van der Waals surface area contributed by atoms with E-state index in [2.05, 4.69) is 16.6 Å².